The van der Waals surface area contributed by atoms with Gasteiger partial charge in [-0.3, -0.25) is 9.59 Å². The smallest absolute Gasteiger partial charge is 0.250 e. The van der Waals surface area contributed by atoms with Crippen molar-refractivity contribution in [3.8, 4) is 0 Å². The number of rotatable bonds is 2. The molecule has 1 aliphatic heterocycles. The third-order valence-corrected chi connectivity index (χ3v) is 4.80. The maximum absolute atomic E-state index is 12.1. The monoisotopic (exact) mass is 355 g/mol. The number of carbonyl (C=O) groups is 2. The van der Waals surface area contributed by atoms with Crippen LogP contribution >= 0.6 is 23.2 Å². The van der Waals surface area contributed by atoms with E-state index in [0.717, 1.165) is 11.3 Å². The third-order valence-electron chi connectivity index (χ3n) is 4.01. The Kier molecular flexibility index (Phi) is 4.23. The first-order valence-corrected chi connectivity index (χ1v) is 7.90. The lowest BCUT2D eigenvalue weighted by Crippen LogP contribution is -2.27. The minimum Gasteiger partial charge on any atom is -0.387 e. The van der Waals surface area contributed by atoms with Gasteiger partial charge in [-0.25, -0.2) is 0 Å². The summed E-state index contributed by atoms with van der Waals surface area (Å²) in [5.74, 6) is -1.05. The van der Waals surface area contributed by atoms with Gasteiger partial charge in [0.15, 0.2) is 0 Å². The number of aromatic nitrogens is 1. The van der Waals surface area contributed by atoms with Crippen molar-refractivity contribution in [1.29, 1.82) is 0 Å². The average Bonchev–Trinajstić information content (AvgIpc) is 2.84. The molecule has 2 heterocycles. The summed E-state index contributed by atoms with van der Waals surface area (Å²) < 4.78 is 0. The number of nitrogens with one attached hydrogen (secondary N) is 3. The Morgan fingerprint density at radius 3 is 2.91 bits per heavy atom. The summed E-state index contributed by atoms with van der Waals surface area (Å²) in [5.41, 5.74) is 2.68. The number of aliphatic hydroxyl groups excluding tert-OH is 1. The molecule has 0 fully saturated rings. The number of aliphatic hydroxyl groups is 1. The first-order valence-electron chi connectivity index (χ1n) is 7.15. The summed E-state index contributed by atoms with van der Waals surface area (Å²) in [4.78, 5) is 27.0. The van der Waals surface area contributed by atoms with Crippen molar-refractivity contribution in [3.63, 3.8) is 0 Å². The van der Waals surface area contributed by atoms with E-state index in [2.05, 4.69) is 15.6 Å². The molecule has 6 nitrogen and oxygen atoms in total. The number of hydrogen-bond donors (Lipinski definition) is 4. The lowest BCUT2D eigenvalue weighted by molar-refractivity contribution is -0.122. The zero-order chi connectivity index (χ0) is 16.7. The quantitative estimate of drug-likeness (QED) is 0.664. The van der Waals surface area contributed by atoms with Gasteiger partial charge in [0.1, 0.15) is 6.61 Å². The highest BCUT2D eigenvalue weighted by atomic mass is 35.5. The van der Waals surface area contributed by atoms with E-state index in [0.29, 0.717) is 34.6 Å². The number of anilines is 1. The van der Waals surface area contributed by atoms with Gasteiger partial charge in [0, 0.05) is 24.0 Å². The highest BCUT2D eigenvalue weighted by Crippen LogP contribution is 2.42. The summed E-state index contributed by atoms with van der Waals surface area (Å²) in [6.07, 6.45) is 0.626. The number of carbonyl (C=O) groups excluding carboxylic acids is 2. The van der Waals surface area contributed by atoms with E-state index in [1.54, 1.807) is 6.92 Å². The lowest BCUT2D eigenvalue weighted by Gasteiger charge is -2.13. The molecule has 122 valence electrons. The van der Waals surface area contributed by atoms with Gasteiger partial charge in [0.05, 0.1) is 27.2 Å². The summed E-state index contributed by atoms with van der Waals surface area (Å²) in [6, 6.07) is 1.53. The van der Waals surface area contributed by atoms with Gasteiger partial charge in [-0.15, -0.1) is 0 Å². The van der Waals surface area contributed by atoms with Crippen LogP contribution in [-0.4, -0.2) is 35.1 Å². The Labute approximate surface area is 142 Å². The van der Waals surface area contributed by atoms with E-state index in [9.17, 15) is 9.59 Å². The van der Waals surface area contributed by atoms with Crippen LogP contribution in [0.2, 0.25) is 10.0 Å². The number of H-pyrrole nitrogens is 1. The summed E-state index contributed by atoms with van der Waals surface area (Å²) >= 11 is 12.4. The molecule has 2 amide bonds. The van der Waals surface area contributed by atoms with Gasteiger partial charge in [-0.05, 0) is 18.6 Å². The molecule has 0 bridgehead atoms. The summed E-state index contributed by atoms with van der Waals surface area (Å²) in [7, 11) is 0. The number of aromatic amines is 1. The van der Waals surface area contributed by atoms with Crippen LogP contribution in [0.25, 0.3) is 10.9 Å². The van der Waals surface area contributed by atoms with Crippen LogP contribution in [-0.2, 0) is 16.0 Å². The van der Waals surface area contributed by atoms with E-state index in [-0.39, 0.29) is 10.9 Å². The Hall–Kier alpha value is -1.76. The SMILES string of the molecule is C[C@@H]1C(=O)NCCc2[nH]c3c(Cl)c(Cl)cc(NC(=O)CO)c3c21. The van der Waals surface area contributed by atoms with Crippen LogP contribution in [0, 0.1) is 0 Å². The van der Waals surface area contributed by atoms with Crippen molar-refractivity contribution >= 4 is 51.6 Å². The molecule has 3 rings (SSSR count). The van der Waals surface area contributed by atoms with Gasteiger partial charge >= 0.3 is 0 Å². The van der Waals surface area contributed by atoms with Gasteiger partial charge in [-0.2, -0.15) is 0 Å². The van der Waals surface area contributed by atoms with Crippen molar-refractivity contribution in [3.05, 3.63) is 27.4 Å². The van der Waals surface area contributed by atoms with Gasteiger partial charge < -0.3 is 20.7 Å². The molecule has 23 heavy (non-hydrogen) atoms. The summed E-state index contributed by atoms with van der Waals surface area (Å²) in [6.45, 7) is 1.67. The van der Waals surface area contributed by atoms with Crippen LogP contribution in [0.4, 0.5) is 5.69 Å². The van der Waals surface area contributed by atoms with Crippen molar-refractivity contribution in [2.24, 2.45) is 0 Å². The van der Waals surface area contributed by atoms with Gasteiger partial charge in [-0.1, -0.05) is 23.2 Å². The molecule has 0 saturated heterocycles. The van der Waals surface area contributed by atoms with Crippen LogP contribution in [0.5, 0.6) is 0 Å². The van der Waals surface area contributed by atoms with Gasteiger partial charge in [0.25, 0.3) is 0 Å². The zero-order valence-electron chi connectivity index (χ0n) is 12.3. The Bertz CT molecular complexity index is 816. The van der Waals surface area contributed by atoms with Crippen molar-refractivity contribution in [1.82, 2.24) is 10.3 Å². The molecular formula is C15H15Cl2N3O3. The number of amides is 2. The molecule has 0 spiro atoms. The first-order chi connectivity index (χ1) is 10.9. The topological polar surface area (TPSA) is 94.2 Å². The third kappa shape index (κ3) is 2.67. The number of fused-ring (bicyclic) bond motifs is 3. The molecule has 8 heteroatoms. The van der Waals surface area contributed by atoms with E-state index in [1.807, 2.05) is 0 Å². The zero-order valence-corrected chi connectivity index (χ0v) is 13.8. The lowest BCUT2D eigenvalue weighted by atomic mass is 9.96. The normalized spacial score (nSPS) is 17.6. The second-order valence-corrected chi connectivity index (χ2v) is 6.24. The van der Waals surface area contributed by atoms with Crippen LogP contribution < -0.4 is 10.6 Å². The molecule has 0 unspecified atom stereocenters. The molecule has 1 aliphatic rings. The van der Waals surface area contributed by atoms with Crippen molar-refractivity contribution in [2.45, 2.75) is 19.3 Å². The van der Waals surface area contributed by atoms with E-state index in [4.69, 9.17) is 28.3 Å². The molecule has 1 aromatic carbocycles. The van der Waals surface area contributed by atoms with E-state index < -0.39 is 18.4 Å². The molecule has 0 saturated carbocycles. The molecule has 1 aromatic heterocycles. The molecule has 1 atom stereocenters. The van der Waals surface area contributed by atoms with Crippen molar-refractivity contribution in [2.75, 3.05) is 18.5 Å². The highest BCUT2D eigenvalue weighted by molar-refractivity contribution is 6.45. The van der Waals surface area contributed by atoms with Crippen LogP contribution in [0.15, 0.2) is 6.07 Å². The van der Waals surface area contributed by atoms with Crippen molar-refractivity contribution < 1.29 is 14.7 Å². The Morgan fingerprint density at radius 1 is 1.48 bits per heavy atom. The molecule has 0 aliphatic carbocycles. The Balaban J connectivity index is 2.31. The first kappa shape index (κ1) is 16.1. The summed E-state index contributed by atoms with van der Waals surface area (Å²) in [5, 5.41) is 15.7. The van der Waals surface area contributed by atoms with Gasteiger partial charge in [0.2, 0.25) is 11.8 Å². The molecule has 2 aromatic rings. The minimum absolute atomic E-state index is 0.0878. The fraction of sp³-hybridized carbons (Fsp3) is 0.333. The number of halogens is 2. The van der Waals surface area contributed by atoms with Crippen LogP contribution in [0.1, 0.15) is 24.1 Å². The molecular weight excluding hydrogens is 341 g/mol. The highest BCUT2D eigenvalue weighted by Gasteiger charge is 2.28. The Morgan fingerprint density at radius 2 is 2.22 bits per heavy atom. The van der Waals surface area contributed by atoms with Crippen LogP contribution in [0.3, 0.4) is 0 Å². The predicted molar refractivity (Wildman–Crippen MR) is 89.2 cm³/mol. The number of benzene rings is 1. The second-order valence-electron chi connectivity index (χ2n) is 5.46. The fourth-order valence-electron chi connectivity index (χ4n) is 2.95. The maximum atomic E-state index is 12.1. The molecule has 0 radical (unpaired) electrons. The van der Waals surface area contributed by atoms with E-state index >= 15 is 0 Å². The minimum atomic E-state index is -0.648. The van der Waals surface area contributed by atoms with E-state index in [1.165, 1.54) is 6.07 Å². The second kappa shape index (κ2) is 6.03. The predicted octanol–water partition coefficient (Wildman–Crippen LogP) is 2.18. The number of hydrogen-bond acceptors (Lipinski definition) is 3. The average molecular weight is 356 g/mol. The standard InChI is InChI=1S/C15H15Cl2N3O3/c1-6-11-8(2-3-18-15(6)23)20-14-12(11)9(19-10(22)5-21)4-7(16)13(14)17/h4,6,20-21H,2-3,5H2,1H3,(H,18,23)(H,19,22)/t6-/m0/s1. The molecule has 4 N–H and O–H groups in total. The fourth-order valence-corrected chi connectivity index (χ4v) is 3.35. The largest absolute Gasteiger partial charge is 0.387 e. The maximum Gasteiger partial charge on any atom is 0.250 e.